The third-order valence-corrected chi connectivity index (χ3v) is 3.92. The van der Waals surface area contributed by atoms with Gasteiger partial charge < -0.3 is 5.32 Å². The highest BCUT2D eigenvalue weighted by molar-refractivity contribution is 6.33. The third kappa shape index (κ3) is 4.05. The van der Waals surface area contributed by atoms with Crippen molar-refractivity contribution < 1.29 is 4.39 Å². The molecule has 3 heteroatoms. The first-order valence-electron chi connectivity index (χ1n) is 7.44. The van der Waals surface area contributed by atoms with Crippen molar-refractivity contribution in [3.8, 4) is 11.1 Å². The van der Waals surface area contributed by atoms with Crippen LogP contribution in [0.25, 0.3) is 11.1 Å². The van der Waals surface area contributed by atoms with Crippen molar-refractivity contribution in [2.45, 2.75) is 32.7 Å². The van der Waals surface area contributed by atoms with E-state index in [1.807, 2.05) is 12.1 Å². The Labute approximate surface area is 131 Å². The molecule has 1 unspecified atom stereocenters. The number of nitrogens with one attached hydrogen (secondary N) is 1. The van der Waals surface area contributed by atoms with Gasteiger partial charge in [-0.3, -0.25) is 0 Å². The van der Waals surface area contributed by atoms with Crippen LogP contribution in [0.3, 0.4) is 0 Å². The summed E-state index contributed by atoms with van der Waals surface area (Å²) in [6, 6.07) is 13.2. The quantitative estimate of drug-likeness (QED) is 0.733. The van der Waals surface area contributed by atoms with Crippen molar-refractivity contribution in [2.24, 2.45) is 0 Å². The summed E-state index contributed by atoms with van der Waals surface area (Å²) in [7, 11) is 0. The van der Waals surface area contributed by atoms with Crippen molar-refractivity contribution in [1.82, 2.24) is 5.32 Å². The topological polar surface area (TPSA) is 12.0 Å². The molecule has 0 saturated heterocycles. The standard InChI is InChI=1S/C18H21ClFN/c1-3-11-21-18(4-2)14-7-5-13(6-8-14)16-10-9-15(20)12-17(16)19/h5-10,12,18,21H,3-4,11H2,1-2H3. The minimum Gasteiger partial charge on any atom is -0.310 e. The second-order valence-corrected chi connectivity index (χ2v) is 5.57. The van der Waals surface area contributed by atoms with Crippen LogP contribution >= 0.6 is 11.6 Å². The normalized spacial score (nSPS) is 12.4. The predicted octanol–water partition coefficient (Wildman–Crippen LogP) is 5.60. The minimum absolute atomic E-state index is 0.310. The monoisotopic (exact) mass is 305 g/mol. The number of hydrogen-bond acceptors (Lipinski definition) is 1. The molecule has 21 heavy (non-hydrogen) atoms. The van der Waals surface area contributed by atoms with E-state index in [9.17, 15) is 4.39 Å². The van der Waals surface area contributed by atoms with Crippen molar-refractivity contribution in [2.75, 3.05) is 6.54 Å². The summed E-state index contributed by atoms with van der Waals surface area (Å²) in [4.78, 5) is 0. The van der Waals surface area contributed by atoms with E-state index in [1.165, 1.54) is 17.7 Å². The summed E-state index contributed by atoms with van der Waals surface area (Å²) >= 11 is 6.11. The molecule has 2 aromatic carbocycles. The minimum atomic E-state index is -0.310. The Morgan fingerprint density at radius 3 is 2.38 bits per heavy atom. The van der Waals surface area contributed by atoms with Gasteiger partial charge in [-0.15, -0.1) is 0 Å². The maximum atomic E-state index is 13.1. The van der Waals surface area contributed by atoms with Gasteiger partial charge in [0.15, 0.2) is 0 Å². The van der Waals surface area contributed by atoms with E-state index in [2.05, 4.69) is 31.3 Å². The Kier molecular flexibility index (Phi) is 5.77. The van der Waals surface area contributed by atoms with Gasteiger partial charge >= 0.3 is 0 Å². The molecule has 0 saturated carbocycles. The fraction of sp³-hybridized carbons (Fsp3) is 0.333. The zero-order valence-electron chi connectivity index (χ0n) is 12.5. The zero-order valence-corrected chi connectivity index (χ0v) is 13.3. The summed E-state index contributed by atoms with van der Waals surface area (Å²) in [6.07, 6.45) is 2.18. The Balaban J connectivity index is 2.21. The van der Waals surface area contributed by atoms with E-state index in [-0.39, 0.29) is 5.82 Å². The molecule has 1 N–H and O–H groups in total. The van der Waals surface area contributed by atoms with Gasteiger partial charge in [-0.05, 0) is 48.7 Å². The van der Waals surface area contributed by atoms with Crippen molar-refractivity contribution in [3.05, 3.63) is 58.9 Å². The highest BCUT2D eigenvalue weighted by Crippen LogP contribution is 2.29. The second kappa shape index (κ2) is 7.58. The zero-order chi connectivity index (χ0) is 15.2. The Morgan fingerprint density at radius 1 is 1.10 bits per heavy atom. The van der Waals surface area contributed by atoms with Gasteiger partial charge in [0.25, 0.3) is 0 Å². The number of hydrogen-bond donors (Lipinski definition) is 1. The van der Waals surface area contributed by atoms with Crippen molar-refractivity contribution in [3.63, 3.8) is 0 Å². The molecule has 0 aliphatic heterocycles. The lowest BCUT2D eigenvalue weighted by Gasteiger charge is -2.17. The van der Waals surface area contributed by atoms with Gasteiger partial charge in [-0.25, -0.2) is 4.39 Å². The van der Waals surface area contributed by atoms with Gasteiger partial charge in [-0.2, -0.15) is 0 Å². The summed E-state index contributed by atoms with van der Waals surface area (Å²) in [5.74, 6) is -0.310. The lowest BCUT2D eigenvalue weighted by atomic mass is 9.99. The Hall–Kier alpha value is -1.38. The SMILES string of the molecule is CCCNC(CC)c1ccc(-c2ccc(F)cc2Cl)cc1. The number of benzene rings is 2. The molecule has 1 atom stereocenters. The second-order valence-electron chi connectivity index (χ2n) is 5.16. The fourth-order valence-corrected chi connectivity index (χ4v) is 2.71. The molecule has 2 aromatic rings. The molecule has 0 radical (unpaired) electrons. The maximum absolute atomic E-state index is 13.1. The van der Waals surface area contributed by atoms with Gasteiger partial charge in [-0.1, -0.05) is 49.7 Å². The Morgan fingerprint density at radius 2 is 1.81 bits per heavy atom. The summed E-state index contributed by atoms with van der Waals surface area (Å²) in [5, 5.41) is 3.98. The largest absolute Gasteiger partial charge is 0.310 e. The molecule has 0 spiro atoms. The summed E-state index contributed by atoms with van der Waals surface area (Å²) < 4.78 is 13.1. The van der Waals surface area contributed by atoms with Crippen LogP contribution in [0.5, 0.6) is 0 Å². The van der Waals surface area contributed by atoms with E-state index >= 15 is 0 Å². The van der Waals surface area contributed by atoms with E-state index in [4.69, 9.17) is 11.6 Å². The van der Waals surface area contributed by atoms with Crippen LogP contribution in [0.1, 0.15) is 38.3 Å². The van der Waals surface area contributed by atoms with Crippen molar-refractivity contribution in [1.29, 1.82) is 0 Å². The smallest absolute Gasteiger partial charge is 0.124 e. The molecule has 0 fully saturated rings. The molecule has 0 amide bonds. The van der Waals surface area contributed by atoms with Gasteiger partial charge in [0.2, 0.25) is 0 Å². The molecule has 0 aliphatic carbocycles. The first-order chi connectivity index (χ1) is 10.2. The van der Waals surface area contributed by atoms with Crippen LogP contribution in [0.4, 0.5) is 4.39 Å². The average Bonchev–Trinajstić information content (AvgIpc) is 2.49. The van der Waals surface area contributed by atoms with Crippen LogP contribution in [-0.2, 0) is 0 Å². The van der Waals surface area contributed by atoms with Crippen LogP contribution in [-0.4, -0.2) is 6.54 Å². The van der Waals surface area contributed by atoms with Gasteiger partial charge in [0.1, 0.15) is 5.82 Å². The fourth-order valence-electron chi connectivity index (χ4n) is 2.44. The number of halogens is 2. The lowest BCUT2D eigenvalue weighted by Crippen LogP contribution is -2.21. The van der Waals surface area contributed by atoms with Crippen LogP contribution < -0.4 is 5.32 Å². The highest BCUT2D eigenvalue weighted by atomic mass is 35.5. The summed E-state index contributed by atoms with van der Waals surface area (Å²) in [6.45, 7) is 5.36. The van der Waals surface area contributed by atoms with Crippen molar-refractivity contribution >= 4 is 11.6 Å². The average molecular weight is 306 g/mol. The van der Waals surface area contributed by atoms with E-state index < -0.39 is 0 Å². The molecule has 0 bridgehead atoms. The molecule has 0 aromatic heterocycles. The molecule has 2 rings (SSSR count). The maximum Gasteiger partial charge on any atom is 0.124 e. The van der Waals surface area contributed by atoms with Crippen LogP contribution in [0.2, 0.25) is 5.02 Å². The molecular weight excluding hydrogens is 285 g/mol. The predicted molar refractivity (Wildman–Crippen MR) is 88.2 cm³/mol. The Bertz CT molecular complexity index is 580. The molecule has 0 aliphatic rings. The molecule has 1 nitrogen and oxygen atoms in total. The van der Waals surface area contributed by atoms with Crippen LogP contribution in [0, 0.1) is 5.82 Å². The molecular formula is C18H21ClFN. The first-order valence-corrected chi connectivity index (χ1v) is 7.82. The first kappa shape index (κ1) is 16.0. The van der Waals surface area contributed by atoms with Crippen LogP contribution in [0.15, 0.2) is 42.5 Å². The summed E-state index contributed by atoms with van der Waals surface area (Å²) in [5.41, 5.74) is 3.14. The third-order valence-electron chi connectivity index (χ3n) is 3.60. The number of rotatable bonds is 6. The molecule has 0 heterocycles. The molecule has 112 valence electrons. The lowest BCUT2D eigenvalue weighted by molar-refractivity contribution is 0.518. The van der Waals surface area contributed by atoms with E-state index in [0.29, 0.717) is 11.1 Å². The van der Waals surface area contributed by atoms with E-state index in [1.54, 1.807) is 6.07 Å². The van der Waals surface area contributed by atoms with Gasteiger partial charge in [0, 0.05) is 11.6 Å². The van der Waals surface area contributed by atoms with Gasteiger partial charge in [0.05, 0.1) is 5.02 Å². The highest BCUT2D eigenvalue weighted by Gasteiger charge is 2.09. The van der Waals surface area contributed by atoms with E-state index in [0.717, 1.165) is 30.5 Å².